The van der Waals surface area contributed by atoms with E-state index in [1.54, 1.807) is 0 Å². The van der Waals surface area contributed by atoms with Crippen LogP contribution in [0.3, 0.4) is 0 Å². The van der Waals surface area contributed by atoms with Gasteiger partial charge in [-0.05, 0) is 0 Å². The number of hydrogen-bond acceptors (Lipinski definition) is 2. The molecule has 1 aliphatic rings. The summed E-state index contributed by atoms with van der Waals surface area (Å²) in [5, 5.41) is 0. The molecule has 0 amide bonds. The van der Waals surface area contributed by atoms with Gasteiger partial charge < -0.3 is 9.16 Å². The van der Waals surface area contributed by atoms with E-state index in [-0.39, 0.29) is 9.76 Å². The molecule has 0 aliphatic carbocycles. The first-order valence-corrected chi connectivity index (χ1v) is 3.73. The Morgan fingerprint density at radius 3 is 2.50 bits per heavy atom. The fourth-order valence-corrected chi connectivity index (χ4v) is 1.20. The summed E-state index contributed by atoms with van der Waals surface area (Å²) in [6.45, 7) is 1.65. The van der Waals surface area contributed by atoms with Crippen LogP contribution >= 0.6 is 0 Å². The Bertz CT molecular complexity index is 24.3. The Hall–Kier alpha value is 0.137. The zero-order chi connectivity index (χ0) is 4.24. The second-order valence-electron chi connectivity index (χ2n) is 1.22. The lowest BCUT2D eigenvalue weighted by atomic mass is 10.8. The topological polar surface area (TPSA) is 18.5 Å². The van der Waals surface area contributed by atoms with Gasteiger partial charge in [0.1, 0.15) is 0 Å². The van der Waals surface area contributed by atoms with E-state index in [1.807, 2.05) is 0 Å². The van der Waals surface area contributed by atoms with E-state index in [0.29, 0.717) is 0 Å². The van der Waals surface area contributed by atoms with Crippen LogP contribution in [0.2, 0.25) is 0 Å². The monoisotopic (exact) mass is 104 g/mol. The van der Waals surface area contributed by atoms with Crippen molar-refractivity contribution in [3.05, 3.63) is 0 Å². The quantitative estimate of drug-likeness (QED) is 0.370. The van der Waals surface area contributed by atoms with Crippen molar-refractivity contribution in [1.29, 1.82) is 0 Å². The van der Waals surface area contributed by atoms with Crippen LogP contribution in [0.5, 0.6) is 0 Å². The Labute approximate surface area is 39.4 Å². The van der Waals surface area contributed by atoms with Crippen LogP contribution in [-0.2, 0) is 9.16 Å². The van der Waals surface area contributed by atoms with Crippen LogP contribution in [0, 0.1) is 0 Å². The molecule has 0 saturated carbocycles. The SMILES string of the molecule is C1CO[SiH2]CO1. The molecular formula is C3H8O2Si. The van der Waals surface area contributed by atoms with Crippen molar-refractivity contribution >= 4 is 9.76 Å². The zero-order valence-corrected chi connectivity index (χ0v) is 5.06. The summed E-state index contributed by atoms with van der Waals surface area (Å²) in [5.41, 5.74) is 0. The lowest BCUT2D eigenvalue weighted by Crippen LogP contribution is -2.19. The third-order valence-electron chi connectivity index (χ3n) is 0.744. The Balaban J connectivity index is 2.00. The van der Waals surface area contributed by atoms with E-state index in [2.05, 4.69) is 0 Å². The van der Waals surface area contributed by atoms with Crippen LogP contribution in [0.25, 0.3) is 0 Å². The number of ether oxygens (including phenoxy) is 1. The minimum absolute atomic E-state index is 0.214. The second kappa shape index (κ2) is 2.33. The summed E-state index contributed by atoms with van der Waals surface area (Å²) < 4.78 is 10.1. The van der Waals surface area contributed by atoms with E-state index < -0.39 is 0 Å². The molecule has 0 unspecified atom stereocenters. The number of hydrogen-bond donors (Lipinski definition) is 0. The van der Waals surface area contributed by atoms with Crippen molar-refractivity contribution in [1.82, 2.24) is 0 Å². The van der Waals surface area contributed by atoms with Crippen molar-refractivity contribution in [2.75, 3.05) is 19.4 Å². The maximum absolute atomic E-state index is 5.08. The molecule has 0 radical (unpaired) electrons. The molecule has 1 fully saturated rings. The average Bonchev–Trinajstić information content (AvgIpc) is 1.72. The molecule has 1 aliphatic heterocycles. The van der Waals surface area contributed by atoms with Crippen molar-refractivity contribution < 1.29 is 9.16 Å². The highest BCUT2D eigenvalue weighted by Gasteiger charge is 1.95. The molecule has 0 aromatic heterocycles. The van der Waals surface area contributed by atoms with E-state index in [4.69, 9.17) is 9.16 Å². The molecule has 6 heavy (non-hydrogen) atoms. The van der Waals surface area contributed by atoms with E-state index in [0.717, 1.165) is 19.4 Å². The fourth-order valence-electron chi connectivity index (χ4n) is 0.440. The maximum Gasteiger partial charge on any atom is 0.187 e. The van der Waals surface area contributed by atoms with Gasteiger partial charge in [-0.25, -0.2) is 0 Å². The molecule has 1 rings (SSSR count). The van der Waals surface area contributed by atoms with Gasteiger partial charge in [-0.1, -0.05) is 0 Å². The first-order valence-electron chi connectivity index (χ1n) is 2.15. The van der Waals surface area contributed by atoms with Crippen molar-refractivity contribution in [3.63, 3.8) is 0 Å². The van der Waals surface area contributed by atoms with Crippen LogP contribution in [0.4, 0.5) is 0 Å². The highest BCUT2D eigenvalue weighted by Crippen LogP contribution is 1.82. The van der Waals surface area contributed by atoms with E-state index in [1.165, 1.54) is 0 Å². The molecule has 0 bridgehead atoms. The Kier molecular flexibility index (Phi) is 1.67. The van der Waals surface area contributed by atoms with Gasteiger partial charge in [0.25, 0.3) is 0 Å². The first-order chi connectivity index (χ1) is 3.00. The molecule has 0 atom stereocenters. The number of rotatable bonds is 0. The molecule has 1 saturated heterocycles. The summed E-state index contributed by atoms with van der Waals surface area (Å²) in [5.74, 6) is 0. The first kappa shape index (κ1) is 4.30. The van der Waals surface area contributed by atoms with Crippen LogP contribution in [-0.4, -0.2) is 29.2 Å². The highest BCUT2D eigenvalue weighted by atomic mass is 28.2. The predicted octanol–water partition coefficient (Wildman–Crippen LogP) is -0.926. The fraction of sp³-hybridized carbons (Fsp3) is 1.00. The Morgan fingerprint density at radius 1 is 1.33 bits per heavy atom. The molecule has 0 aromatic rings. The minimum atomic E-state index is -0.214. The smallest absolute Gasteiger partial charge is 0.187 e. The van der Waals surface area contributed by atoms with Crippen molar-refractivity contribution in [2.45, 2.75) is 0 Å². The second-order valence-corrected chi connectivity index (χ2v) is 2.45. The van der Waals surface area contributed by atoms with E-state index >= 15 is 0 Å². The molecule has 3 heteroatoms. The van der Waals surface area contributed by atoms with Gasteiger partial charge in [0.15, 0.2) is 9.76 Å². The Morgan fingerprint density at radius 2 is 2.33 bits per heavy atom. The minimum Gasteiger partial charge on any atom is -0.419 e. The lowest BCUT2D eigenvalue weighted by molar-refractivity contribution is 0.0933. The van der Waals surface area contributed by atoms with Gasteiger partial charge in [-0.2, -0.15) is 0 Å². The van der Waals surface area contributed by atoms with Crippen LogP contribution in [0.1, 0.15) is 0 Å². The zero-order valence-electron chi connectivity index (χ0n) is 3.64. The molecule has 0 aromatic carbocycles. The highest BCUT2D eigenvalue weighted by molar-refractivity contribution is 6.26. The summed E-state index contributed by atoms with van der Waals surface area (Å²) in [6.07, 6.45) is 0.917. The predicted molar refractivity (Wildman–Crippen MR) is 25.3 cm³/mol. The van der Waals surface area contributed by atoms with E-state index in [9.17, 15) is 0 Å². The molecule has 2 nitrogen and oxygen atoms in total. The summed E-state index contributed by atoms with van der Waals surface area (Å²) in [4.78, 5) is 0. The van der Waals surface area contributed by atoms with Gasteiger partial charge in [0.2, 0.25) is 0 Å². The van der Waals surface area contributed by atoms with Gasteiger partial charge in [-0.15, -0.1) is 0 Å². The molecule has 0 spiro atoms. The standard InChI is InChI=1S/C3H8O2Si/c1-2-5-6-3-4-1/h1-3,6H2. The molecule has 36 valence electrons. The van der Waals surface area contributed by atoms with Gasteiger partial charge in [0, 0.05) is 0 Å². The lowest BCUT2D eigenvalue weighted by Gasteiger charge is -2.09. The molecule has 0 N–H and O–H groups in total. The van der Waals surface area contributed by atoms with Crippen LogP contribution in [0.15, 0.2) is 0 Å². The maximum atomic E-state index is 5.08. The third-order valence-corrected chi connectivity index (χ3v) is 1.78. The average molecular weight is 104 g/mol. The summed E-state index contributed by atoms with van der Waals surface area (Å²) >= 11 is 0. The van der Waals surface area contributed by atoms with Crippen molar-refractivity contribution in [3.8, 4) is 0 Å². The largest absolute Gasteiger partial charge is 0.419 e. The summed E-state index contributed by atoms with van der Waals surface area (Å²) in [6, 6.07) is 0. The third kappa shape index (κ3) is 1.08. The van der Waals surface area contributed by atoms with Crippen molar-refractivity contribution in [2.24, 2.45) is 0 Å². The van der Waals surface area contributed by atoms with Gasteiger partial charge >= 0.3 is 0 Å². The van der Waals surface area contributed by atoms with Crippen LogP contribution < -0.4 is 0 Å². The molecule has 1 heterocycles. The normalized spacial score (nSPS) is 28.0. The summed E-state index contributed by atoms with van der Waals surface area (Å²) in [7, 11) is -0.214. The van der Waals surface area contributed by atoms with Gasteiger partial charge in [-0.3, -0.25) is 0 Å². The molecular weight excluding hydrogens is 96.1 g/mol. The van der Waals surface area contributed by atoms with Gasteiger partial charge in [0.05, 0.1) is 19.4 Å².